The number of aromatic nitrogens is 2. The highest BCUT2D eigenvalue weighted by Gasteiger charge is 2.18. The predicted octanol–water partition coefficient (Wildman–Crippen LogP) is 13.1. The summed E-state index contributed by atoms with van der Waals surface area (Å²) in [6.45, 7) is 0. The Balaban J connectivity index is 1.22. The Morgan fingerprint density at radius 3 is 1.90 bits per heavy atom. The molecule has 3 heteroatoms. The molecule has 3 aromatic heterocycles. The monoisotopic (exact) mass is 638 g/mol. The highest BCUT2D eigenvalue weighted by molar-refractivity contribution is 7.26. The van der Waals surface area contributed by atoms with E-state index >= 15 is 0 Å². The van der Waals surface area contributed by atoms with Crippen molar-refractivity contribution in [1.29, 1.82) is 0 Å². The van der Waals surface area contributed by atoms with Gasteiger partial charge in [0.05, 0.1) is 16.7 Å². The predicted molar refractivity (Wildman–Crippen MR) is 211 cm³/mol. The SMILES string of the molecule is c1ccc2cc3c(-c4cc5ccc6c7ccccc7sc6c5c5ccccc45)ccc(-c4ccc5ccc6cccnc6c5n4)c3cc2c1. The Kier molecular flexibility index (Phi) is 5.57. The lowest BCUT2D eigenvalue weighted by Gasteiger charge is -2.17. The fourth-order valence-corrected chi connectivity index (χ4v) is 9.23. The second-order valence-electron chi connectivity index (χ2n) is 12.9. The van der Waals surface area contributed by atoms with Crippen LogP contribution in [0.1, 0.15) is 0 Å². The van der Waals surface area contributed by atoms with Gasteiger partial charge in [0, 0.05) is 48.1 Å². The van der Waals surface area contributed by atoms with E-state index in [1.54, 1.807) is 0 Å². The van der Waals surface area contributed by atoms with Crippen LogP contribution in [0.25, 0.3) is 107 Å². The highest BCUT2D eigenvalue weighted by atomic mass is 32.1. The summed E-state index contributed by atoms with van der Waals surface area (Å²) in [4.78, 5) is 10.0. The molecule has 0 aliphatic heterocycles. The zero-order valence-electron chi connectivity index (χ0n) is 26.3. The standard InChI is InChI=1S/C46H26N2S/c1-2-9-30-25-40-34(41-22-18-28-16-15-27-10-7-23-47-44(27)45(28)48-41)21-20-33(39(40)24-29(30)8-1)38-26-31-17-19-37-35-12-5-6-14-42(35)49-46(37)43(31)36-13-4-3-11-32(36)38/h1-26H. The number of rotatable bonds is 2. The normalized spacial score (nSPS) is 12.1. The van der Waals surface area contributed by atoms with Crippen molar-refractivity contribution in [3.05, 3.63) is 158 Å². The maximum atomic E-state index is 5.28. The lowest BCUT2D eigenvalue weighted by Crippen LogP contribution is -1.92. The molecule has 2 nitrogen and oxygen atoms in total. The molecule has 49 heavy (non-hydrogen) atoms. The fourth-order valence-electron chi connectivity index (χ4n) is 7.96. The Morgan fingerprint density at radius 1 is 0.388 bits per heavy atom. The van der Waals surface area contributed by atoms with Crippen molar-refractivity contribution < 1.29 is 0 Å². The van der Waals surface area contributed by atoms with Crippen LogP contribution in [-0.4, -0.2) is 9.97 Å². The summed E-state index contributed by atoms with van der Waals surface area (Å²) in [5, 5.41) is 14.9. The van der Waals surface area contributed by atoms with E-state index in [4.69, 9.17) is 9.97 Å². The van der Waals surface area contributed by atoms with Crippen LogP contribution in [0, 0.1) is 0 Å². The Labute approximate surface area is 285 Å². The highest BCUT2D eigenvalue weighted by Crippen LogP contribution is 2.46. The molecule has 226 valence electrons. The van der Waals surface area contributed by atoms with Gasteiger partial charge in [0.1, 0.15) is 0 Å². The number of pyridine rings is 2. The van der Waals surface area contributed by atoms with Gasteiger partial charge in [-0.15, -0.1) is 11.3 Å². The lowest BCUT2D eigenvalue weighted by atomic mass is 9.87. The van der Waals surface area contributed by atoms with Crippen molar-refractivity contribution in [3.8, 4) is 22.4 Å². The Morgan fingerprint density at radius 2 is 1.04 bits per heavy atom. The number of thiophene rings is 1. The van der Waals surface area contributed by atoms with Gasteiger partial charge in [0.25, 0.3) is 0 Å². The maximum absolute atomic E-state index is 5.28. The van der Waals surface area contributed by atoms with Crippen LogP contribution in [0.15, 0.2) is 158 Å². The minimum atomic E-state index is 0.932. The molecule has 0 radical (unpaired) electrons. The third-order valence-corrected chi connectivity index (χ3v) is 11.5. The molecule has 0 unspecified atom stereocenters. The Hall–Kier alpha value is -6.16. The van der Waals surface area contributed by atoms with E-state index in [-0.39, 0.29) is 0 Å². The number of nitrogens with zero attached hydrogens (tertiary/aromatic N) is 2. The van der Waals surface area contributed by atoms with Crippen LogP contribution in [0.2, 0.25) is 0 Å². The van der Waals surface area contributed by atoms with Gasteiger partial charge in [0.2, 0.25) is 0 Å². The van der Waals surface area contributed by atoms with Crippen molar-refractivity contribution in [1.82, 2.24) is 9.97 Å². The minimum absolute atomic E-state index is 0.932. The molecule has 0 saturated heterocycles. The average molecular weight is 639 g/mol. The Bertz CT molecular complexity index is 3170. The summed E-state index contributed by atoms with van der Waals surface area (Å²) < 4.78 is 2.69. The molecule has 0 amide bonds. The number of benzene rings is 8. The first-order valence-corrected chi connectivity index (χ1v) is 17.5. The molecule has 0 spiro atoms. The summed E-state index contributed by atoms with van der Waals surface area (Å²) >= 11 is 1.90. The minimum Gasteiger partial charge on any atom is -0.254 e. The number of hydrogen-bond acceptors (Lipinski definition) is 3. The second kappa shape index (κ2) is 10.2. The summed E-state index contributed by atoms with van der Waals surface area (Å²) in [5.74, 6) is 0. The van der Waals surface area contributed by atoms with Crippen molar-refractivity contribution in [2.75, 3.05) is 0 Å². The van der Waals surface area contributed by atoms with Crippen molar-refractivity contribution in [2.24, 2.45) is 0 Å². The van der Waals surface area contributed by atoms with E-state index in [9.17, 15) is 0 Å². The van der Waals surface area contributed by atoms with Crippen LogP contribution >= 0.6 is 11.3 Å². The molecular weight excluding hydrogens is 613 g/mol. The van der Waals surface area contributed by atoms with Crippen LogP contribution in [0.4, 0.5) is 0 Å². The van der Waals surface area contributed by atoms with Gasteiger partial charge in [-0.25, -0.2) is 4.98 Å². The first kappa shape index (κ1) is 26.9. The molecule has 8 aromatic carbocycles. The van der Waals surface area contributed by atoms with E-state index in [0.717, 1.165) is 33.1 Å². The summed E-state index contributed by atoms with van der Waals surface area (Å²) in [5.41, 5.74) is 6.42. The molecule has 11 aromatic rings. The molecule has 0 N–H and O–H groups in total. The molecule has 11 rings (SSSR count). The summed E-state index contributed by atoms with van der Waals surface area (Å²) in [6, 6.07) is 55.4. The third kappa shape index (κ3) is 3.94. The second-order valence-corrected chi connectivity index (χ2v) is 14.0. The van der Waals surface area contributed by atoms with E-state index in [1.807, 2.05) is 23.6 Å². The van der Waals surface area contributed by atoms with Crippen molar-refractivity contribution in [3.63, 3.8) is 0 Å². The average Bonchev–Trinajstić information content (AvgIpc) is 3.55. The van der Waals surface area contributed by atoms with Gasteiger partial charge in [-0.2, -0.15) is 0 Å². The van der Waals surface area contributed by atoms with Crippen LogP contribution in [0.3, 0.4) is 0 Å². The molecule has 0 bridgehead atoms. The zero-order chi connectivity index (χ0) is 32.1. The van der Waals surface area contributed by atoms with Gasteiger partial charge >= 0.3 is 0 Å². The third-order valence-electron chi connectivity index (χ3n) is 10.2. The van der Waals surface area contributed by atoms with E-state index in [0.29, 0.717) is 0 Å². The van der Waals surface area contributed by atoms with Crippen molar-refractivity contribution >= 4 is 96.4 Å². The van der Waals surface area contributed by atoms with Gasteiger partial charge in [-0.1, -0.05) is 115 Å². The van der Waals surface area contributed by atoms with Gasteiger partial charge in [-0.05, 0) is 85.2 Å². The first-order valence-electron chi connectivity index (χ1n) is 16.6. The molecule has 0 saturated carbocycles. The fraction of sp³-hybridized carbons (Fsp3) is 0. The number of hydrogen-bond donors (Lipinski definition) is 0. The molecule has 0 fully saturated rings. The smallest absolute Gasteiger partial charge is 0.0972 e. The first-order chi connectivity index (χ1) is 24.3. The summed E-state index contributed by atoms with van der Waals surface area (Å²) in [6.07, 6.45) is 1.85. The lowest BCUT2D eigenvalue weighted by molar-refractivity contribution is 1.37. The van der Waals surface area contributed by atoms with Crippen LogP contribution in [0.5, 0.6) is 0 Å². The largest absolute Gasteiger partial charge is 0.254 e. The van der Waals surface area contributed by atoms with Crippen LogP contribution < -0.4 is 0 Å². The maximum Gasteiger partial charge on any atom is 0.0972 e. The van der Waals surface area contributed by atoms with E-state index in [1.165, 1.54) is 74.4 Å². The van der Waals surface area contributed by atoms with E-state index < -0.39 is 0 Å². The molecular formula is C46H26N2S. The number of fused-ring (bicyclic) bond motifs is 12. The molecule has 0 aliphatic carbocycles. The molecule has 0 aliphatic rings. The van der Waals surface area contributed by atoms with E-state index in [2.05, 4.69) is 146 Å². The quantitative estimate of drug-likeness (QED) is 0.139. The van der Waals surface area contributed by atoms with Gasteiger partial charge < -0.3 is 0 Å². The zero-order valence-corrected chi connectivity index (χ0v) is 27.1. The summed E-state index contributed by atoms with van der Waals surface area (Å²) in [7, 11) is 0. The molecule has 0 atom stereocenters. The van der Waals surface area contributed by atoms with Gasteiger partial charge in [-0.3, -0.25) is 4.98 Å². The van der Waals surface area contributed by atoms with Gasteiger partial charge in [0.15, 0.2) is 0 Å². The van der Waals surface area contributed by atoms with Crippen molar-refractivity contribution in [2.45, 2.75) is 0 Å². The van der Waals surface area contributed by atoms with Crippen LogP contribution in [-0.2, 0) is 0 Å². The topological polar surface area (TPSA) is 25.8 Å². The molecule has 3 heterocycles.